The number of halogens is 2. The van der Waals surface area contributed by atoms with Gasteiger partial charge in [-0.3, -0.25) is 9.36 Å². The highest BCUT2D eigenvalue weighted by Gasteiger charge is 2.17. The molecular formula is C25H21Cl2N5O2S. The number of thioether (sulfide) groups is 1. The van der Waals surface area contributed by atoms with Crippen molar-refractivity contribution in [3.05, 3.63) is 88.4 Å². The molecule has 7 nitrogen and oxygen atoms in total. The zero-order valence-corrected chi connectivity index (χ0v) is 21.2. The summed E-state index contributed by atoms with van der Waals surface area (Å²) in [5, 5.41) is 14.6. The number of benzene rings is 3. The summed E-state index contributed by atoms with van der Waals surface area (Å²) in [6.07, 6.45) is 0. The van der Waals surface area contributed by atoms with E-state index in [1.807, 2.05) is 59.2 Å². The minimum atomic E-state index is -0.280. The molecule has 0 fully saturated rings. The normalized spacial score (nSPS) is 11.4. The molecule has 1 amide bonds. The van der Waals surface area contributed by atoms with E-state index in [1.165, 1.54) is 11.8 Å². The van der Waals surface area contributed by atoms with Gasteiger partial charge in [0, 0.05) is 26.9 Å². The van der Waals surface area contributed by atoms with Crippen molar-refractivity contribution in [2.75, 3.05) is 12.9 Å². The molecule has 4 rings (SSSR count). The predicted octanol–water partition coefficient (Wildman–Crippen LogP) is 5.88. The van der Waals surface area contributed by atoms with E-state index >= 15 is 0 Å². The first-order valence-electron chi connectivity index (χ1n) is 10.5. The average Bonchev–Trinajstić information content (AvgIpc) is 3.30. The Labute approximate surface area is 217 Å². The van der Waals surface area contributed by atoms with Crippen molar-refractivity contribution in [3.8, 4) is 22.8 Å². The monoisotopic (exact) mass is 525 g/mol. The van der Waals surface area contributed by atoms with Crippen LogP contribution in [0.5, 0.6) is 5.75 Å². The van der Waals surface area contributed by atoms with Crippen LogP contribution in [0.2, 0.25) is 10.0 Å². The molecule has 178 valence electrons. The average molecular weight is 526 g/mol. The molecule has 4 aromatic rings. The van der Waals surface area contributed by atoms with E-state index < -0.39 is 0 Å². The number of rotatable bonds is 8. The number of carbonyl (C=O) groups excluding carboxylic acids is 1. The van der Waals surface area contributed by atoms with Gasteiger partial charge in [-0.2, -0.15) is 5.10 Å². The Morgan fingerprint density at radius 3 is 2.43 bits per heavy atom. The van der Waals surface area contributed by atoms with Crippen LogP contribution in [0.3, 0.4) is 0 Å². The smallest absolute Gasteiger partial charge is 0.250 e. The Morgan fingerprint density at radius 2 is 1.74 bits per heavy atom. The number of nitrogens with one attached hydrogen (secondary N) is 1. The number of methoxy groups -OCH3 is 1. The Kier molecular flexibility index (Phi) is 8.07. The molecule has 0 aliphatic rings. The lowest BCUT2D eigenvalue weighted by Crippen LogP contribution is -2.21. The van der Waals surface area contributed by atoms with Gasteiger partial charge in [-0.05, 0) is 61.5 Å². The fraction of sp³-hybridized carbons (Fsp3) is 0.120. The van der Waals surface area contributed by atoms with E-state index in [1.54, 1.807) is 32.2 Å². The zero-order chi connectivity index (χ0) is 24.8. The Hall–Kier alpha value is -3.33. The van der Waals surface area contributed by atoms with E-state index in [-0.39, 0.29) is 11.7 Å². The summed E-state index contributed by atoms with van der Waals surface area (Å²) in [6.45, 7) is 1.78. The van der Waals surface area contributed by atoms with Gasteiger partial charge in [-0.15, -0.1) is 10.2 Å². The van der Waals surface area contributed by atoms with Crippen LogP contribution in [0.1, 0.15) is 12.5 Å². The predicted molar refractivity (Wildman–Crippen MR) is 141 cm³/mol. The molecule has 0 radical (unpaired) electrons. The number of ether oxygens (including phenoxy) is 1. The van der Waals surface area contributed by atoms with Gasteiger partial charge in [0.15, 0.2) is 11.0 Å². The molecule has 1 heterocycles. The third-order valence-corrected chi connectivity index (χ3v) is 6.52. The Morgan fingerprint density at radius 1 is 1.03 bits per heavy atom. The molecule has 0 unspecified atom stereocenters. The topological polar surface area (TPSA) is 81.4 Å². The standard InChI is InChI=1S/C25H21Cl2N5O2S/c1-16(21-5-3-4-6-22(21)27)28-29-23(33)15-35-25-31-30-24(17-7-13-20(34-2)14-8-17)32(25)19-11-9-18(26)10-12-19/h3-14H,15H2,1-2H3,(H,29,33)/b28-16+. The number of amides is 1. The first kappa shape index (κ1) is 24.8. The number of carbonyl (C=O) groups is 1. The molecule has 0 aliphatic carbocycles. The zero-order valence-electron chi connectivity index (χ0n) is 18.9. The summed E-state index contributed by atoms with van der Waals surface area (Å²) in [4.78, 5) is 12.5. The molecule has 10 heteroatoms. The maximum atomic E-state index is 12.5. The van der Waals surface area contributed by atoms with E-state index in [2.05, 4.69) is 20.7 Å². The van der Waals surface area contributed by atoms with Crippen molar-refractivity contribution < 1.29 is 9.53 Å². The maximum Gasteiger partial charge on any atom is 0.250 e. The molecule has 0 bridgehead atoms. The van der Waals surface area contributed by atoms with Gasteiger partial charge in [0.05, 0.1) is 18.6 Å². The highest BCUT2D eigenvalue weighted by Crippen LogP contribution is 2.29. The van der Waals surface area contributed by atoms with Gasteiger partial charge >= 0.3 is 0 Å². The van der Waals surface area contributed by atoms with Crippen molar-refractivity contribution in [2.45, 2.75) is 12.1 Å². The van der Waals surface area contributed by atoms with Crippen LogP contribution in [0, 0.1) is 0 Å². The van der Waals surface area contributed by atoms with Crippen LogP contribution >= 0.6 is 35.0 Å². The quantitative estimate of drug-likeness (QED) is 0.176. The van der Waals surface area contributed by atoms with Crippen molar-refractivity contribution in [2.24, 2.45) is 5.10 Å². The molecule has 3 aromatic carbocycles. The van der Waals surface area contributed by atoms with Crippen molar-refractivity contribution in [3.63, 3.8) is 0 Å². The molecule has 0 atom stereocenters. The molecule has 0 saturated carbocycles. The van der Waals surface area contributed by atoms with Gasteiger partial charge in [0.25, 0.3) is 5.91 Å². The van der Waals surface area contributed by atoms with Gasteiger partial charge in [0.2, 0.25) is 0 Å². The van der Waals surface area contributed by atoms with E-state index in [9.17, 15) is 4.79 Å². The second-order valence-corrected chi connectivity index (χ2v) is 9.13. The largest absolute Gasteiger partial charge is 0.497 e. The second kappa shape index (κ2) is 11.4. The van der Waals surface area contributed by atoms with E-state index in [0.29, 0.717) is 26.7 Å². The fourth-order valence-electron chi connectivity index (χ4n) is 3.24. The molecule has 1 N–H and O–H groups in total. The first-order chi connectivity index (χ1) is 17.0. The highest BCUT2D eigenvalue weighted by atomic mass is 35.5. The van der Waals surface area contributed by atoms with Crippen molar-refractivity contribution in [1.82, 2.24) is 20.2 Å². The second-order valence-electron chi connectivity index (χ2n) is 7.35. The third kappa shape index (κ3) is 6.03. The summed E-state index contributed by atoms with van der Waals surface area (Å²) < 4.78 is 7.14. The molecule has 35 heavy (non-hydrogen) atoms. The number of aromatic nitrogens is 3. The van der Waals surface area contributed by atoms with Gasteiger partial charge in [-0.1, -0.05) is 53.2 Å². The first-order valence-corrected chi connectivity index (χ1v) is 12.3. The molecule has 0 saturated heterocycles. The lowest BCUT2D eigenvalue weighted by molar-refractivity contribution is -0.118. The molecule has 1 aromatic heterocycles. The number of hydrogen-bond acceptors (Lipinski definition) is 6. The summed E-state index contributed by atoms with van der Waals surface area (Å²) in [7, 11) is 1.62. The lowest BCUT2D eigenvalue weighted by atomic mass is 10.1. The summed E-state index contributed by atoms with van der Waals surface area (Å²) in [5.41, 5.74) is 5.62. The molecular weight excluding hydrogens is 505 g/mol. The number of hydrazone groups is 1. The van der Waals surface area contributed by atoms with Crippen LogP contribution in [0.4, 0.5) is 0 Å². The number of nitrogens with zero attached hydrogens (tertiary/aromatic N) is 4. The molecule has 0 aliphatic heterocycles. The van der Waals surface area contributed by atoms with Crippen LogP contribution in [0.15, 0.2) is 83.1 Å². The van der Waals surface area contributed by atoms with Crippen LogP contribution in [-0.2, 0) is 4.79 Å². The molecule has 0 spiro atoms. The lowest BCUT2D eigenvalue weighted by Gasteiger charge is -2.11. The van der Waals surface area contributed by atoms with Crippen LogP contribution < -0.4 is 10.2 Å². The Bertz CT molecular complexity index is 1360. The Balaban J connectivity index is 1.54. The summed E-state index contributed by atoms with van der Waals surface area (Å²) >= 11 is 13.5. The van der Waals surface area contributed by atoms with Crippen molar-refractivity contribution in [1.29, 1.82) is 0 Å². The van der Waals surface area contributed by atoms with E-state index in [4.69, 9.17) is 27.9 Å². The third-order valence-electron chi connectivity index (χ3n) is 5.01. The highest BCUT2D eigenvalue weighted by molar-refractivity contribution is 7.99. The number of hydrogen-bond donors (Lipinski definition) is 1. The van der Waals surface area contributed by atoms with Gasteiger partial charge < -0.3 is 4.74 Å². The minimum absolute atomic E-state index is 0.0909. The van der Waals surface area contributed by atoms with Crippen LogP contribution in [0.25, 0.3) is 17.1 Å². The van der Waals surface area contributed by atoms with Gasteiger partial charge in [0.1, 0.15) is 5.75 Å². The summed E-state index contributed by atoms with van der Waals surface area (Å²) in [6, 6.07) is 22.2. The van der Waals surface area contributed by atoms with Crippen LogP contribution in [-0.4, -0.2) is 39.2 Å². The van der Waals surface area contributed by atoms with Gasteiger partial charge in [-0.25, -0.2) is 5.43 Å². The maximum absolute atomic E-state index is 12.5. The fourth-order valence-corrected chi connectivity index (χ4v) is 4.38. The minimum Gasteiger partial charge on any atom is -0.497 e. The summed E-state index contributed by atoms with van der Waals surface area (Å²) in [5.74, 6) is 1.18. The van der Waals surface area contributed by atoms with E-state index in [0.717, 1.165) is 22.6 Å². The van der Waals surface area contributed by atoms with Crippen molar-refractivity contribution >= 4 is 46.6 Å². The SMILES string of the molecule is COc1ccc(-c2nnc(SCC(=O)N/N=C(\C)c3ccccc3Cl)n2-c2ccc(Cl)cc2)cc1.